The molecule has 6 nitrogen and oxygen atoms in total. The summed E-state index contributed by atoms with van der Waals surface area (Å²) < 4.78 is 8.06. The van der Waals surface area contributed by atoms with Gasteiger partial charge >= 0.3 is 0 Å². The Bertz CT molecular complexity index is 776. The number of hydrogen-bond acceptors (Lipinski definition) is 4. The molecule has 144 valence electrons. The van der Waals surface area contributed by atoms with E-state index < -0.39 is 0 Å². The van der Waals surface area contributed by atoms with E-state index in [0.717, 1.165) is 57.7 Å². The Kier molecular flexibility index (Phi) is 5.16. The Morgan fingerprint density at radius 3 is 2.96 bits per heavy atom. The first-order chi connectivity index (χ1) is 13.2. The second-order valence-corrected chi connectivity index (χ2v) is 7.83. The van der Waals surface area contributed by atoms with Crippen LogP contribution in [0.2, 0.25) is 0 Å². The minimum Gasteiger partial charge on any atom is -0.491 e. The lowest BCUT2D eigenvalue weighted by atomic mass is 9.78. The number of aromatic nitrogens is 2. The van der Waals surface area contributed by atoms with Crippen LogP contribution in [0.15, 0.2) is 43.0 Å². The summed E-state index contributed by atoms with van der Waals surface area (Å²) in [6.45, 7) is 4.96. The molecule has 0 radical (unpaired) electrons. The van der Waals surface area contributed by atoms with Gasteiger partial charge in [-0.05, 0) is 31.9 Å². The molecule has 0 unspecified atom stereocenters. The Morgan fingerprint density at radius 2 is 2.11 bits per heavy atom. The fourth-order valence-corrected chi connectivity index (χ4v) is 4.44. The number of carbonyl (C=O) groups is 1. The predicted octanol–water partition coefficient (Wildman–Crippen LogP) is 2.41. The van der Waals surface area contributed by atoms with Gasteiger partial charge in [0.2, 0.25) is 5.91 Å². The van der Waals surface area contributed by atoms with Crippen molar-refractivity contribution in [2.45, 2.75) is 32.4 Å². The number of ether oxygens (including phenoxy) is 1. The second kappa shape index (κ2) is 7.72. The number of nitrogens with zero attached hydrogens (tertiary/aromatic N) is 4. The molecule has 2 aliphatic rings. The average molecular weight is 368 g/mol. The van der Waals surface area contributed by atoms with E-state index in [2.05, 4.69) is 22.0 Å². The number of imidazole rings is 1. The number of likely N-dealkylation sites (tertiary alicyclic amines) is 2. The van der Waals surface area contributed by atoms with Crippen molar-refractivity contribution in [1.82, 2.24) is 19.4 Å². The van der Waals surface area contributed by atoms with Gasteiger partial charge in [-0.2, -0.15) is 0 Å². The molecule has 27 heavy (non-hydrogen) atoms. The minimum absolute atomic E-state index is 0.162. The van der Waals surface area contributed by atoms with Crippen LogP contribution in [0.5, 0.6) is 5.75 Å². The van der Waals surface area contributed by atoms with E-state index in [0.29, 0.717) is 12.5 Å². The number of piperidine rings is 1. The third kappa shape index (κ3) is 3.86. The molecule has 4 rings (SSSR count). The predicted molar refractivity (Wildman–Crippen MR) is 103 cm³/mol. The number of amides is 1. The van der Waals surface area contributed by atoms with E-state index in [-0.39, 0.29) is 5.41 Å². The highest BCUT2D eigenvalue weighted by Crippen LogP contribution is 2.40. The van der Waals surface area contributed by atoms with Crippen LogP contribution in [-0.2, 0) is 17.9 Å². The van der Waals surface area contributed by atoms with Crippen molar-refractivity contribution in [3.8, 4) is 5.75 Å². The van der Waals surface area contributed by atoms with Crippen molar-refractivity contribution in [3.63, 3.8) is 0 Å². The normalized spacial score (nSPS) is 23.3. The zero-order chi connectivity index (χ0) is 18.7. The number of benzene rings is 1. The third-order valence-corrected chi connectivity index (χ3v) is 5.91. The maximum Gasteiger partial charge on any atom is 0.229 e. The summed E-state index contributed by atoms with van der Waals surface area (Å²) in [4.78, 5) is 21.1. The number of rotatable bonds is 6. The molecule has 2 saturated heterocycles. The second-order valence-electron chi connectivity index (χ2n) is 7.83. The summed E-state index contributed by atoms with van der Waals surface area (Å²) >= 11 is 0. The van der Waals surface area contributed by atoms with Crippen molar-refractivity contribution >= 4 is 5.91 Å². The highest BCUT2D eigenvalue weighted by atomic mass is 16.5. The fraction of sp³-hybridized carbons (Fsp3) is 0.524. The molecule has 1 aromatic carbocycles. The molecular weight excluding hydrogens is 340 g/mol. The molecular formula is C21H28N4O2. The standard InChI is InChI=1S/C21H28N4O2/c1-23-10-4-7-21(20(23)26)8-11-25(16-21)15-18-5-2-3-6-19(18)27-14-13-24-12-9-22-17-24/h2-3,5-6,9,12,17H,4,7-8,10-11,13-16H2,1H3/t21-/m1/s1. The maximum atomic E-state index is 12.7. The Morgan fingerprint density at radius 1 is 1.22 bits per heavy atom. The van der Waals surface area contributed by atoms with Crippen LogP contribution < -0.4 is 4.74 Å². The van der Waals surface area contributed by atoms with Crippen molar-refractivity contribution in [2.24, 2.45) is 5.41 Å². The first-order valence-electron chi connectivity index (χ1n) is 9.81. The fourth-order valence-electron chi connectivity index (χ4n) is 4.44. The van der Waals surface area contributed by atoms with Gasteiger partial charge in [0.1, 0.15) is 12.4 Å². The lowest BCUT2D eigenvalue weighted by molar-refractivity contribution is -0.143. The SMILES string of the molecule is CN1CCC[C@]2(CCN(Cc3ccccc3OCCn3ccnc3)C2)C1=O. The quantitative estimate of drug-likeness (QED) is 0.786. The zero-order valence-corrected chi connectivity index (χ0v) is 16.0. The van der Waals surface area contributed by atoms with E-state index >= 15 is 0 Å². The maximum absolute atomic E-state index is 12.7. The van der Waals surface area contributed by atoms with E-state index in [1.807, 2.05) is 34.8 Å². The average Bonchev–Trinajstić information content (AvgIpc) is 3.32. The first-order valence-corrected chi connectivity index (χ1v) is 9.81. The Balaban J connectivity index is 1.38. The monoisotopic (exact) mass is 368 g/mol. The molecule has 1 atom stereocenters. The van der Waals surface area contributed by atoms with Crippen molar-refractivity contribution in [1.29, 1.82) is 0 Å². The molecule has 6 heteroatoms. The molecule has 0 aliphatic carbocycles. The minimum atomic E-state index is -0.162. The summed E-state index contributed by atoms with van der Waals surface area (Å²) in [5.74, 6) is 1.27. The topological polar surface area (TPSA) is 50.6 Å². The zero-order valence-electron chi connectivity index (χ0n) is 16.0. The third-order valence-electron chi connectivity index (χ3n) is 5.91. The van der Waals surface area contributed by atoms with Gasteiger partial charge in [-0.3, -0.25) is 9.69 Å². The smallest absolute Gasteiger partial charge is 0.229 e. The van der Waals surface area contributed by atoms with Crippen LogP contribution in [0.25, 0.3) is 0 Å². The largest absolute Gasteiger partial charge is 0.491 e. The molecule has 2 fully saturated rings. The Labute approximate surface area is 160 Å². The number of hydrogen-bond donors (Lipinski definition) is 0. The van der Waals surface area contributed by atoms with Gasteiger partial charge in [-0.25, -0.2) is 4.98 Å². The summed E-state index contributed by atoms with van der Waals surface area (Å²) in [6.07, 6.45) is 8.63. The Hall–Kier alpha value is -2.34. The van der Waals surface area contributed by atoms with Crippen LogP contribution in [0, 0.1) is 5.41 Å². The van der Waals surface area contributed by atoms with Gasteiger partial charge in [-0.1, -0.05) is 18.2 Å². The molecule has 1 amide bonds. The molecule has 1 spiro atoms. The number of carbonyl (C=O) groups excluding carboxylic acids is 1. The lowest BCUT2D eigenvalue weighted by Crippen LogP contribution is -2.48. The van der Waals surface area contributed by atoms with E-state index in [1.165, 1.54) is 5.56 Å². The molecule has 2 aromatic rings. The molecule has 0 N–H and O–H groups in total. The van der Waals surface area contributed by atoms with E-state index in [9.17, 15) is 4.79 Å². The van der Waals surface area contributed by atoms with Crippen LogP contribution >= 0.6 is 0 Å². The lowest BCUT2D eigenvalue weighted by Gasteiger charge is -2.37. The first kappa shape index (κ1) is 18.0. The van der Waals surface area contributed by atoms with Crippen LogP contribution in [0.1, 0.15) is 24.8 Å². The summed E-state index contributed by atoms with van der Waals surface area (Å²) in [6, 6.07) is 8.24. The van der Waals surface area contributed by atoms with Crippen molar-refractivity contribution in [3.05, 3.63) is 48.5 Å². The summed E-state index contributed by atoms with van der Waals surface area (Å²) in [5, 5.41) is 0. The van der Waals surface area contributed by atoms with Crippen LogP contribution in [0.4, 0.5) is 0 Å². The van der Waals surface area contributed by atoms with Crippen LogP contribution in [-0.4, -0.2) is 58.5 Å². The van der Waals surface area contributed by atoms with Gasteiger partial charge < -0.3 is 14.2 Å². The highest BCUT2D eigenvalue weighted by Gasteiger charge is 2.47. The molecule has 2 aliphatic heterocycles. The number of para-hydroxylation sites is 1. The molecule has 0 bridgehead atoms. The highest BCUT2D eigenvalue weighted by molar-refractivity contribution is 5.83. The van der Waals surface area contributed by atoms with Gasteiger partial charge in [0, 0.05) is 44.6 Å². The van der Waals surface area contributed by atoms with E-state index in [4.69, 9.17) is 4.74 Å². The van der Waals surface area contributed by atoms with E-state index in [1.54, 1.807) is 12.5 Å². The van der Waals surface area contributed by atoms with Gasteiger partial charge in [0.15, 0.2) is 0 Å². The molecule has 0 saturated carbocycles. The van der Waals surface area contributed by atoms with Crippen molar-refractivity contribution < 1.29 is 9.53 Å². The van der Waals surface area contributed by atoms with Gasteiger partial charge in [0.05, 0.1) is 18.3 Å². The van der Waals surface area contributed by atoms with Crippen LogP contribution in [0.3, 0.4) is 0 Å². The van der Waals surface area contributed by atoms with Crippen molar-refractivity contribution in [2.75, 3.05) is 33.3 Å². The van der Waals surface area contributed by atoms with Gasteiger partial charge in [0.25, 0.3) is 0 Å². The molecule has 3 heterocycles. The summed E-state index contributed by atoms with van der Waals surface area (Å²) in [5.41, 5.74) is 1.03. The summed E-state index contributed by atoms with van der Waals surface area (Å²) in [7, 11) is 1.94. The van der Waals surface area contributed by atoms with Gasteiger partial charge in [-0.15, -0.1) is 0 Å². The molecule has 1 aromatic heterocycles.